The minimum atomic E-state index is 0.0508. The first-order valence-corrected chi connectivity index (χ1v) is 11.2. The molecule has 0 aliphatic carbocycles. The lowest BCUT2D eigenvalue weighted by atomic mass is 9.93. The monoisotopic (exact) mass is 441 g/mol. The summed E-state index contributed by atoms with van der Waals surface area (Å²) in [5, 5.41) is 0.958. The van der Waals surface area contributed by atoms with Crippen LogP contribution < -0.4 is 4.90 Å². The average molecular weight is 442 g/mol. The lowest BCUT2D eigenvalue weighted by molar-refractivity contribution is 0.0706. The van der Waals surface area contributed by atoms with Crippen LogP contribution in [0.3, 0.4) is 0 Å². The molecule has 0 spiro atoms. The van der Waals surface area contributed by atoms with E-state index in [1.54, 1.807) is 12.4 Å². The molecule has 1 fully saturated rings. The van der Waals surface area contributed by atoms with Gasteiger partial charge in [-0.1, -0.05) is 0 Å². The van der Waals surface area contributed by atoms with Gasteiger partial charge in [-0.05, 0) is 56.2 Å². The molecule has 0 N–H and O–H groups in total. The van der Waals surface area contributed by atoms with E-state index in [4.69, 9.17) is 14.4 Å². The molecule has 0 unspecified atom stereocenters. The predicted molar refractivity (Wildman–Crippen MR) is 128 cm³/mol. The number of hydrogen-bond donors (Lipinski definition) is 0. The van der Waals surface area contributed by atoms with Crippen molar-refractivity contribution < 1.29 is 9.21 Å². The molecule has 7 nitrogen and oxygen atoms in total. The SMILES string of the molecule is Cc1cc2cc(C(=O)N3CCC[C@H](c4cc(N(C)C)nc(-c5cccnc5)n4)C3)ccc2o1. The van der Waals surface area contributed by atoms with Gasteiger partial charge in [0.2, 0.25) is 0 Å². The van der Waals surface area contributed by atoms with E-state index in [1.807, 2.05) is 73.3 Å². The van der Waals surface area contributed by atoms with Gasteiger partial charge in [-0.2, -0.15) is 0 Å². The lowest BCUT2D eigenvalue weighted by Crippen LogP contribution is -2.39. The second kappa shape index (κ2) is 8.65. The summed E-state index contributed by atoms with van der Waals surface area (Å²) in [5.74, 6) is 2.56. The van der Waals surface area contributed by atoms with Gasteiger partial charge >= 0.3 is 0 Å². The Kier molecular flexibility index (Phi) is 5.54. The van der Waals surface area contributed by atoms with Crippen LogP contribution in [0.1, 0.15) is 40.6 Å². The molecule has 3 aromatic heterocycles. The fourth-order valence-electron chi connectivity index (χ4n) is 4.41. The van der Waals surface area contributed by atoms with Crippen molar-refractivity contribution in [2.24, 2.45) is 0 Å². The number of furan rings is 1. The molecule has 4 aromatic rings. The summed E-state index contributed by atoms with van der Waals surface area (Å²) in [7, 11) is 3.95. The van der Waals surface area contributed by atoms with Gasteiger partial charge in [0.05, 0.1) is 5.69 Å². The molecule has 168 valence electrons. The maximum atomic E-state index is 13.3. The number of rotatable bonds is 4. The van der Waals surface area contributed by atoms with Crippen LogP contribution in [0.2, 0.25) is 0 Å². The first-order chi connectivity index (χ1) is 16.0. The molecule has 33 heavy (non-hydrogen) atoms. The number of carbonyl (C=O) groups excluding carboxylic acids is 1. The lowest BCUT2D eigenvalue weighted by Gasteiger charge is -2.33. The van der Waals surface area contributed by atoms with Crippen molar-refractivity contribution in [3.8, 4) is 11.4 Å². The number of aryl methyl sites for hydroxylation is 1. The fraction of sp³-hybridized carbons (Fsp3) is 0.308. The van der Waals surface area contributed by atoms with Gasteiger partial charge in [-0.25, -0.2) is 9.97 Å². The van der Waals surface area contributed by atoms with Gasteiger partial charge in [-0.3, -0.25) is 9.78 Å². The average Bonchev–Trinajstić information content (AvgIpc) is 3.23. The normalized spacial score (nSPS) is 16.2. The summed E-state index contributed by atoms with van der Waals surface area (Å²) in [4.78, 5) is 31.1. The summed E-state index contributed by atoms with van der Waals surface area (Å²) in [6.07, 6.45) is 5.45. The summed E-state index contributed by atoms with van der Waals surface area (Å²) in [6.45, 7) is 3.30. The number of fused-ring (bicyclic) bond motifs is 1. The fourth-order valence-corrected chi connectivity index (χ4v) is 4.41. The van der Waals surface area contributed by atoms with Crippen molar-refractivity contribution >= 4 is 22.7 Å². The largest absolute Gasteiger partial charge is 0.461 e. The number of benzene rings is 1. The van der Waals surface area contributed by atoms with Crippen molar-refractivity contribution in [2.75, 3.05) is 32.1 Å². The van der Waals surface area contributed by atoms with E-state index in [1.165, 1.54) is 0 Å². The van der Waals surface area contributed by atoms with Crippen LogP contribution in [0.4, 0.5) is 5.82 Å². The number of pyridine rings is 1. The quantitative estimate of drug-likeness (QED) is 0.458. The zero-order valence-electron chi connectivity index (χ0n) is 19.2. The van der Waals surface area contributed by atoms with Crippen molar-refractivity contribution in [1.82, 2.24) is 19.9 Å². The molecule has 1 aromatic carbocycles. The van der Waals surface area contributed by atoms with Gasteiger partial charge in [0.25, 0.3) is 5.91 Å². The third-order valence-corrected chi connectivity index (χ3v) is 6.12. The van der Waals surface area contributed by atoms with Crippen LogP contribution in [0.15, 0.2) is 59.3 Å². The Balaban J connectivity index is 1.43. The molecule has 1 atom stereocenters. The molecule has 5 rings (SSSR count). The summed E-state index contributed by atoms with van der Waals surface area (Å²) < 4.78 is 5.65. The van der Waals surface area contributed by atoms with E-state index in [0.717, 1.165) is 53.2 Å². The van der Waals surface area contributed by atoms with E-state index in [0.29, 0.717) is 17.9 Å². The number of likely N-dealkylation sites (tertiary alicyclic amines) is 1. The first-order valence-electron chi connectivity index (χ1n) is 11.2. The Morgan fingerprint density at radius 3 is 2.82 bits per heavy atom. The number of nitrogens with zero attached hydrogens (tertiary/aromatic N) is 5. The Morgan fingerprint density at radius 2 is 2.03 bits per heavy atom. The second-order valence-electron chi connectivity index (χ2n) is 8.81. The standard InChI is InChI=1S/C26H27N5O2/c1-17-12-21-13-18(8-9-23(21)33-17)26(32)31-11-5-7-20(16-31)22-14-24(30(2)3)29-25(28-22)19-6-4-10-27-15-19/h4,6,8-10,12-15,20H,5,7,11,16H2,1-3H3/t20-/m0/s1. The summed E-state index contributed by atoms with van der Waals surface area (Å²) in [6, 6.07) is 13.5. The number of anilines is 1. The molecule has 1 amide bonds. The molecule has 1 saturated heterocycles. The molecular weight excluding hydrogens is 414 g/mol. The van der Waals surface area contributed by atoms with Gasteiger partial charge < -0.3 is 14.2 Å². The number of amides is 1. The van der Waals surface area contributed by atoms with Gasteiger partial charge in [0.15, 0.2) is 5.82 Å². The smallest absolute Gasteiger partial charge is 0.253 e. The highest BCUT2D eigenvalue weighted by Gasteiger charge is 2.27. The zero-order chi connectivity index (χ0) is 22.9. The molecule has 0 radical (unpaired) electrons. The van der Waals surface area contributed by atoms with Gasteiger partial charge in [0.1, 0.15) is 17.2 Å². The number of piperidine rings is 1. The number of hydrogen-bond acceptors (Lipinski definition) is 6. The topological polar surface area (TPSA) is 75.4 Å². The van der Waals surface area contributed by atoms with E-state index in [9.17, 15) is 4.79 Å². The molecule has 0 bridgehead atoms. The number of carbonyl (C=O) groups is 1. The van der Waals surface area contributed by atoms with Crippen LogP contribution in [0, 0.1) is 6.92 Å². The third kappa shape index (κ3) is 4.31. The van der Waals surface area contributed by atoms with Crippen LogP contribution in [-0.4, -0.2) is 52.9 Å². The highest BCUT2D eigenvalue weighted by atomic mass is 16.3. The highest BCUT2D eigenvalue weighted by Crippen LogP contribution is 2.30. The molecular formula is C26H27N5O2. The van der Waals surface area contributed by atoms with Gasteiger partial charge in [-0.15, -0.1) is 0 Å². The Bertz CT molecular complexity index is 1300. The molecule has 7 heteroatoms. The van der Waals surface area contributed by atoms with Crippen LogP contribution in [-0.2, 0) is 0 Å². The van der Waals surface area contributed by atoms with E-state index in [-0.39, 0.29) is 11.8 Å². The van der Waals surface area contributed by atoms with Crippen molar-refractivity contribution in [1.29, 1.82) is 0 Å². The second-order valence-corrected chi connectivity index (χ2v) is 8.81. The zero-order valence-corrected chi connectivity index (χ0v) is 19.2. The molecule has 0 saturated carbocycles. The van der Waals surface area contributed by atoms with E-state index in [2.05, 4.69) is 4.98 Å². The van der Waals surface area contributed by atoms with Crippen molar-refractivity contribution in [2.45, 2.75) is 25.7 Å². The van der Waals surface area contributed by atoms with Crippen LogP contribution in [0.25, 0.3) is 22.4 Å². The van der Waals surface area contributed by atoms with Crippen LogP contribution >= 0.6 is 0 Å². The maximum absolute atomic E-state index is 13.3. The van der Waals surface area contributed by atoms with Crippen LogP contribution in [0.5, 0.6) is 0 Å². The maximum Gasteiger partial charge on any atom is 0.253 e. The minimum absolute atomic E-state index is 0.0508. The first kappa shape index (κ1) is 21.1. The minimum Gasteiger partial charge on any atom is -0.461 e. The predicted octanol–water partition coefficient (Wildman–Crippen LogP) is 4.68. The van der Waals surface area contributed by atoms with E-state index < -0.39 is 0 Å². The molecule has 1 aliphatic heterocycles. The van der Waals surface area contributed by atoms with Crippen molar-refractivity contribution in [3.63, 3.8) is 0 Å². The Labute approximate surface area is 193 Å². The summed E-state index contributed by atoms with van der Waals surface area (Å²) >= 11 is 0. The molecule has 1 aliphatic rings. The van der Waals surface area contributed by atoms with Crippen molar-refractivity contribution in [3.05, 3.63) is 71.9 Å². The third-order valence-electron chi connectivity index (χ3n) is 6.12. The number of aromatic nitrogens is 3. The van der Waals surface area contributed by atoms with Gasteiger partial charge in [0, 0.05) is 68.1 Å². The Hall–Kier alpha value is -3.74. The summed E-state index contributed by atoms with van der Waals surface area (Å²) in [5.41, 5.74) is 3.35. The Morgan fingerprint density at radius 1 is 1.15 bits per heavy atom. The molecule has 4 heterocycles. The highest BCUT2D eigenvalue weighted by molar-refractivity contribution is 5.98. The van der Waals surface area contributed by atoms with E-state index >= 15 is 0 Å².